The zero-order chi connectivity index (χ0) is 18.8. The highest BCUT2D eigenvalue weighted by Gasteiger charge is 2.30. The third kappa shape index (κ3) is 3.31. The number of nitrogens with zero attached hydrogens (tertiary/aromatic N) is 3. The average molecular weight is 363 g/mol. The Morgan fingerprint density at radius 3 is 2.59 bits per heavy atom. The first-order valence-electron chi connectivity index (χ1n) is 8.67. The van der Waals surface area contributed by atoms with E-state index in [4.69, 9.17) is 4.52 Å². The molecule has 0 spiro atoms. The molecule has 1 atom stereocenters. The lowest BCUT2D eigenvalue weighted by Crippen LogP contribution is -2.28. The number of amides is 1. The van der Waals surface area contributed by atoms with Gasteiger partial charge in [-0.1, -0.05) is 35.5 Å². The van der Waals surface area contributed by atoms with Gasteiger partial charge in [0.15, 0.2) is 5.76 Å². The van der Waals surface area contributed by atoms with Gasteiger partial charge in [-0.2, -0.15) is 0 Å². The predicted molar refractivity (Wildman–Crippen MR) is 98.3 cm³/mol. The summed E-state index contributed by atoms with van der Waals surface area (Å²) in [6, 6.07) is 16.0. The molecule has 136 valence electrons. The summed E-state index contributed by atoms with van der Waals surface area (Å²) < 4.78 is 5.28. The number of carbonyl (C=O) groups is 1. The number of likely N-dealkylation sites (tertiary alicyclic amines) is 1. The maximum Gasteiger partial charge on any atom is 0.269 e. The molecule has 4 rings (SSSR count). The Morgan fingerprint density at radius 1 is 1.15 bits per heavy atom. The van der Waals surface area contributed by atoms with Crippen molar-refractivity contribution in [3.63, 3.8) is 0 Å². The van der Waals surface area contributed by atoms with Crippen molar-refractivity contribution in [2.45, 2.75) is 12.3 Å². The lowest BCUT2D eigenvalue weighted by molar-refractivity contribution is -0.384. The van der Waals surface area contributed by atoms with Crippen LogP contribution in [0.25, 0.3) is 11.3 Å². The number of hydrogen-bond donors (Lipinski definition) is 0. The zero-order valence-corrected chi connectivity index (χ0v) is 14.4. The molecule has 1 fully saturated rings. The number of non-ortho nitro benzene ring substituents is 1. The maximum absolute atomic E-state index is 13.0. The number of aromatic nitrogens is 1. The van der Waals surface area contributed by atoms with Crippen molar-refractivity contribution < 1.29 is 14.2 Å². The summed E-state index contributed by atoms with van der Waals surface area (Å²) in [5, 5.41) is 14.6. The summed E-state index contributed by atoms with van der Waals surface area (Å²) in [6.07, 6.45) is 2.32. The molecule has 27 heavy (non-hydrogen) atoms. The van der Waals surface area contributed by atoms with Gasteiger partial charge in [-0.05, 0) is 24.1 Å². The monoisotopic (exact) mass is 363 g/mol. The molecular formula is C20H17N3O4. The van der Waals surface area contributed by atoms with Crippen LogP contribution in [-0.2, 0) is 0 Å². The topological polar surface area (TPSA) is 89.5 Å². The minimum Gasteiger partial charge on any atom is -0.355 e. The predicted octanol–water partition coefficient (Wildman–Crippen LogP) is 3.88. The summed E-state index contributed by atoms with van der Waals surface area (Å²) in [5.41, 5.74) is 2.17. The van der Waals surface area contributed by atoms with E-state index in [9.17, 15) is 14.9 Å². The Hall–Kier alpha value is -3.48. The van der Waals surface area contributed by atoms with Crippen LogP contribution in [0.15, 0.2) is 65.3 Å². The number of hydrogen-bond acceptors (Lipinski definition) is 5. The molecule has 3 aromatic rings. The number of rotatable bonds is 4. The lowest BCUT2D eigenvalue weighted by atomic mass is 9.99. The molecule has 0 N–H and O–H groups in total. The molecule has 1 aromatic heterocycles. The second-order valence-corrected chi connectivity index (χ2v) is 6.52. The number of carbonyl (C=O) groups excluding carboxylic acids is 1. The molecule has 1 aliphatic heterocycles. The van der Waals surface area contributed by atoms with Crippen molar-refractivity contribution in [1.82, 2.24) is 10.1 Å². The van der Waals surface area contributed by atoms with Gasteiger partial charge in [-0.3, -0.25) is 14.9 Å². The van der Waals surface area contributed by atoms with Crippen molar-refractivity contribution in [2.75, 3.05) is 13.1 Å². The molecule has 7 heteroatoms. The van der Waals surface area contributed by atoms with Gasteiger partial charge in [0.1, 0.15) is 5.56 Å². The highest BCUT2D eigenvalue weighted by molar-refractivity contribution is 5.99. The van der Waals surface area contributed by atoms with E-state index < -0.39 is 4.92 Å². The molecule has 2 aromatic carbocycles. The number of nitro benzene ring substituents is 1. The molecule has 0 bridgehead atoms. The van der Waals surface area contributed by atoms with Crippen molar-refractivity contribution in [3.8, 4) is 11.3 Å². The minimum absolute atomic E-state index is 0.0172. The Bertz CT molecular complexity index is 966. The summed E-state index contributed by atoms with van der Waals surface area (Å²) >= 11 is 0. The third-order valence-electron chi connectivity index (χ3n) is 4.89. The third-order valence-corrected chi connectivity index (χ3v) is 4.89. The van der Waals surface area contributed by atoms with E-state index in [1.165, 1.54) is 23.9 Å². The van der Waals surface area contributed by atoms with E-state index in [0.29, 0.717) is 35.9 Å². The Balaban J connectivity index is 1.54. The average Bonchev–Trinajstić information content (AvgIpc) is 3.38. The Morgan fingerprint density at radius 2 is 1.89 bits per heavy atom. The first-order chi connectivity index (χ1) is 13.1. The fraction of sp³-hybridized carbons (Fsp3) is 0.200. The number of nitro groups is 1. The van der Waals surface area contributed by atoms with Gasteiger partial charge < -0.3 is 9.42 Å². The molecule has 0 saturated carbocycles. The van der Waals surface area contributed by atoms with Crippen LogP contribution in [0.5, 0.6) is 0 Å². The van der Waals surface area contributed by atoms with E-state index in [2.05, 4.69) is 17.3 Å². The van der Waals surface area contributed by atoms with Crippen LogP contribution < -0.4 is 0 Å². The highest BCUT2D eigenvalue weighted by Crippen LogP contribution is 2.31. The van der Waals surface area contributed by atoms with E-state index in [0.717, 1.165) is 6.42 Å². The zero-order valence-electron chi connectivity index (χ0n) is 14.4. The fourth-order valence-electron chi connectivity index (χ4n) is 3.45. The van der Waals surface area contributed by atoms with Crippen LogP contribution in [0.1, 0.15) is 28.3 Å². The molecule has 1 amide bonds. The van der Waals surface area contributed by atoms with E-state index >= 15 is 0 Å². The van der Waals surface area contributed by atoms with Crippen molar-refractivity contribution in [2.24, 2.45) is 0 Å². The Labute approximate surface area is 155 Å². The first kappa shape index (κ1) is 17.0. The minimum atomic E-state index is -0.468. The molecule has 1 aliphatic rings. The summed E-state index contributed by atoms with van der Waals surface area (Å²) in [5.74, 6) is 0.513. The molecule has 2 heterocycles. The molecule has 7 nitrogen and oxygen atoms in total. The van der Waals surface area contributed by atoms with Crippen LogP contribution >= 0.6 is 0 Å². The van der Waals surface area contributed by atoms with Crippen LogP contribution in [0, 0.1) is 10.1 Å². The van der Waals surface area contributed by atoms with Gasteiger partial charge in [-0.25, -0.2) is 0 Å². The van der Waals surface area contributed by atoms with E-state index in [1.807, 2.05) is 18.2 Å². The molecule has 1 saturated heterocycles. The van der Waals surface area contributed by atoms with Gasteiger partial charge >= 0.3 is 0 Å². The van der Waals surface area contributed by atoms with Gasteiger partial charge in [0.2, 0.25) is 0 Å². The smallest absolute Gasteiger partial charge is 0.269 e. The van der Waals surface area contributed by atoms with E-state index in [1.54, 1.807) is 17.0 Å². The summed E-state index contributed by atoms with van der Waals surface area (Å²) in [6.45, 7) is 1.32. The van der Waals surface area contributed by atoms with Crippen molar-refractivity contribution >= 4 is 11.6 Å². The highest BCUT2D eigenvalue weighted by atomic mass is 16.6. The van der Waals surface area contributed by atoms with Crippen molar-refractivity contribution in [3.05, 3.63) is 82.0 Å². The quantitative estimate of drug-likeness (QED) is 0.518. The van der Waals surface area contributed by atoms with Crippen LogP contribution in [0.3, 0.4) is 0 Å². The van der Waals surface area contributed by atoms with Gasteiger partial charge in [0, 0.05) is 36.7 Å². The van der Waals surface area contributed by atoms with Gasteiger partial charge in [-0.15, -0.1) is 0 Å². The SMILES string of the molecule is O=C(c1cnoc1-c1ccc([N+](=O)[O-])cc1)N1CCC(c2ccccc2)C1. The standard InChI is InChI=1S/C20H17N3O4/c24-20(22-11-10-16(13-22)14-4-2-1-3-5-14)18-12-21-27-19(18)15-6-8-17(9-7-15)23(25)26/h1-9,12,16H,10-11,13H2. The molecule has 1 unspecified atom stereocenters. The first-order valence-corrected chi connectivity index (χ1v) is 8.67. The molecule has 0 aliphatic carbocycles. The maximum atomic E-state index is 13.0. The van der Waals surface area contributed by atoms with Crippen LogP contribution in [-0.4, -0.2) is 34.0 Å². The molecule has 0 radical (unpaired) electrons. The van der Waals surface area contributed by atoms with Crippen molar-refractivity contribution in [1.29, 1.82) is 0 Å². The second kappa shape index (κ2) is 7.03. The normalized spacial score (nSPS) is 16.4. The summed E-state index contributed by atoms with van der Waals surface area (Å²) in [7, 11) is 0. The molecular weight excluding hydrogens is 346 g/mol. The lowest BCUT2D eigenvalue weighted by Gasteiger charge is -2.16. The Kier molecular flexibility index (Phi) is 4.42. The summed E-state index contributed by atoms with van der Waals surface area (Å²) in [4.78, 5) is 25.1. The fourth-order valence-corrected chi connectivity index (χ4v) is 3.45. The van der Waals surface area contributed by atoms with Crippen LogP contribution in [0.4, 0.5) is 5.69 Å². The van der Waals surface area contributed by atoms with Crippen LogP contribution in [0.2, 0.25) is 0 Å². The largest absolute Gasteiger partial charge is 0.355 e. The van der Waals surface area contributed by atoms with E-state index in [-0.39, 0.29) is 11.6 Å². The number of benzene rings is 2. The van der Waals surface area contributed by atoms with Gasteiger partial charge in [0.25, 0.3) is 11.6 Å². The van der Waals surface area contributed by atoms with Gasteiger partial charge in [0.05, 0.1) is 11.1 Å². The second-order valence-electron chi connectivity index (χ2n) is 6.52.